The molecule has 0 aromatic heterocycles. The zero-order chi connectivity index (χ0) is 17.4. The second-order valence-corrected chi connectivity index (χ2v) is 15.3. The van der Waals surface area contributed by atoms with Gasteiger partial charge in [0.25, 0.3) is 14.1 Å². The average molecular weight is 325 g/mol. The van der Waals surface area contributed by atoms with E-state index >= 15 is 0 Å². The van der Waals surface area contributed by atoms with Crippen molar-refractivity contribution in [3.8, 4) is 0 Å². The van der Waals surface area contributed by atoms with Crippen LogP contribution in [0.2, 0.25) is 12.8 Å². The Hall–Kier alpha value is 0.532. The molecule has 0 bridgehead atoms. The molecule has 0 aliphatic carbocycles. The summed E-state index contributed by atoms with van der Waals surface area (Å²) in [5.41, 5.74) is 0. The van der Waals surface area contributed by atoms with Gasteiger partial charge in [0.2, 0.25) is 0 Å². The Kier molecular flexibility index (Phi) is 9.97. The summed E-state index contributed by atoms with van der Waals surface area (Å²) in [7, 11) is 0. The third-order valence-corrected chi connectivity index (χ3v) is 11.4. The first-order valence-electron chi connectivity index (χ1n) is 10.0. The molecule has 0 aliphatic heterocycles. The van der Waals surface area contributed by atoms with Crippen molar-refractivity contribution in [1.29, 1.82) is 0 Å². The van der Waals surface area contributed by atoms with Gasteiger partial charge in [0, 0.05) is 0 Å². The van der Waals surface area contributed by atoms with Crippen molar-refractivity contribution in [3.05, 3.63) is 0 Å². The van der Waals surface area contributed by atoms with Gasteiger partial charge in [-0.15, -0.1) is 0 Å². The van der Waals surface area contributed by atoms with Gasteiger partial charge >= 0.3 is 0 Å². The molecule has 0 N–H and O–H groups in total. The van der Waals surface area contributed by atoms with Crippen molar-refractivity contribution in [2.24, 2.45) is 0 Å². The lowest BCUT2D eigenvalue weighted by Crippen LogP contribution is -2.46. The minimum absolute atomic E-state index is 0.574. The van der Waals surface area contributed by atoms with Gasteiger partial charge in [-0.3, -0.25) is 0 Å². The molecule has 0 aromatic carbocycles. The highest BCUT2D eigenvalue weighted by Gasteiger charge is 2.53. The lowest BCUT2D eigenvalue weighted by Gasteiger charge is -2.50. The normalized spacial score (nSPS) is 13.5. The molecule has 0 nitrogen and oxygen atoms in total. The van der Waals surface area contributed by atoms with Crippen LogP contribution in [0.1, 0.15) is 120 Å². The van der Waals surface area contributed by atoms with Gasteiger partial charge in [-0.05, 0) is 0 Å². The quantitative estimate of drug-likeness (QED) is 0.316. The van der Waals surface area contributed by atoms with Crippen LogP contribution in [0.15, 0.2) is 0 Å². The third kappa shape index (κ3) is 6.97. The summed E-state index contributed by atoms with van der Waals surface area (Å²) in [5.74, 6) is 0. The second kappa shape index (κ2) is 9.74. The lowest BCUT2D eigenvalue weighted by atomic mass is 10.0. The van der Waals surface area contributed by atoms with E-state index in [1.54, 1.807) is 0 Å². The Morgan fingerprint density at radius 1 is 0.500 bits per heavy atom. The fourth-order valence-corrected chi connectivity index (χ4v) is 13.3. The van der Waals surface area contributed by atoms with Gasteiger partial charge in [0.15, 0.2) is 0 Å². The number of hydrogen-bond donors (Lipinski definition) is 0. The van der Waals surface area contributed by atoms with Crippen LogP contribution in [0.3, 0.4) is 0 Å². The largest absolute Gasteiger partial charge is 0.281 e. The van der Waals surface area contributed by atoms with Crippen molar-refractivity contribution >= 4 is 14.1 Å². The predicted octanol–water partition coefficient (Wildman–Crippen LogP) is 8.39. The van der Waals surface area contributed by atoms with E-state index in [4.69, 9.17) is 0 Å². The Labute approximate surface area is 147 Å². The lowest BCUT2D eigenvalue weighted by molar-refractivity contribution is 0.436. The van der Waals surface area contributed by atoms with Crippen LogP contribution in [0.5, 0.6) is 0 Å². The Morgan fingerprint density at radius 3 is 0.909 bits per heavy atom. The van der Waals surface area contributed by atoms with Crippen molar-refractivity contribution in [2.45, 2.75) is 133 Å². The summed E-state index contributed by atoms with van der Waals surface area (Å²) in [6, 6.07) is 0. The van der Waals surface area contributed by atoms with E-state index in [-0.39, 0.29) is 0 Å². The average Bonchev–Trinajstić information content (AvgIpc) is 2.39. The maximum atomic E-state index is 2.61. The standard InChI is InChI=1S/3C7H15.Al/c3*1-4-5-6-7(2)3;/h3*4-6H2,1-3H3;. The topological polar surface area (TPSA) is 0 Å². The van der Waals surface area contributed by atoms with Crippen molar-refractivity contribution in [1.82, 2.24) is 0 Å². The smallest absolute Gasteiger partial charge is 0.0752 e. The third-order valence-electron chi connectivity index (χ3n) is 5.87. The monoisotopic (exact) mass is 324 g/mol. The summed E-state index contributed by atoms with van der Waals surface area (Å²) >= 11 is -0.956. The SMILES string of the molecule is CCCC[C](C)(C)[Al]([C](C)(C)CCCC)[C](C)(C)CCCC. The molecule has 132 valence electrons. The maximum absolute atomic E-state index is 2.61. The zero-order valence-electron chi connectivity index (χ0n) is 17.4. The van der Waals surface area contributed by atoms with E-state index in [1.165, 1.54) is 57.8 Å². The molecule has 0 amide bonds. The highest BCUT2D eigenvalue weighted by molar-refractivity contribution is 6.68. The van der Waals surface area contributed by atoms with Gasteiger partial charge in [-0.2, -0.15) is 0 Å². The fourth-order valence-electron chi connectivity index (χ4n) is 5.50. The summed E-state index contributed by atoms with van der Waals surface area (Å²) in [5, 5.41) is 0. The van der Waals surface area contributed by atoms with Crippen LogP contribution in [0, 0.1) is 0 Å². The first kappa shape index (κ1) is 22.5. The van der Waals surface area contributed by atoms with Crippen molar-refractivity contribution < 1.29 is 0 Å². The minimum atomic E-state index is -0.956. The van der Waals surface area contributed by atoms with Crippen LogP contribution < -0.4 is 0 Å². The van der Waals surface area contributed by atoms with E-state index in [0.29, 0.717) is 12.8 Å². The van der Waals surface area contributed by atoms with Crippen LogP contribution in [0.25, 0.3) is 0 Å². The van der Waals surface area contributed by atoms with Crippen molar-refractivity contribution in [2.75, 3.05) is 0 Å². The van der Waals surface area contributed by atoms with Crippen molar-refractivity contribution in [3.63, 3.8) is 0 Å². The molecule has 0 aliphatic rings. The molecule has 0 saturated carbocycles. The molecule has 0 aromatic rings. The number of hydrogen-bond acceptors (Lipinski definition) is 0. The van der Waals surface area contributed by atoms with E-state index in [2.05, 4.69) is 62.3 Å². The van der Waals surface area contributed by atoms with E-state index in [9.17, 15) is 0 Å². The highest BCUT2D eigenvalue weighted by Crippen LogP contribution is 2.59. The predicted molar refractivity (Wildman–Crippen MR) is 106 cm³/mol. The minimum Gasteiger partial charge on any atom is -0.0752 e. The molecule has 1 heteroatoms. The van der Waals surface area contributed by atoms with Crippen LogP contribution in [-0.4, -0.2) is 14.1 Å². The van der Waals surface area contributed by atoms with Crippen LogP contribution >= 0.6 is 0 Å². The highest BCUT2D eigenvalue weighted by atomic mass is 27.2. The molecule has 0 radical (unpaired) electrons. The van der Waals surface area contributed by atoms with E-state index < -0.39 is 14.1 Å². The van der Waals surface area contributed by atoms with Gasteiger partial charge < -0.3 is 0 Å². The van der Waals surface area contributed by atoms with Crippen LogP contribution in [-0.2, 0) is 0 Å². The molecule has 0 saturated heterocycles. The molecular formula is C21H45Al. The molecule has 0 heterocycles. The Bertz CT molecular complexity index is 241. The Morgan fingerprint density at radius 2 is 0.727 bits per heavy atom. The molecule has 0 spiro atoms. The molecule has 0 unspecified atom stereocenters. The fraction of sp³-hybridized carbons (Fsp3) is 1.00. The summed E-state index contributed by atoms with van der Waals surface area (Å²) in [6.45, 7) is 22.7. The van der Waals surface area contributed by atoms with Gasteiger partial charge in [-0.1, -0.05) is 133 Å². The molecule has 0 atom stereocenters. The van der Waals surface area contributed by atoms with Crippen LogP contribution in [0.4, 0.5) is 0 Å². The van der Waals surface area contributed by atoms with Gasteiger partial charge in [-0.25, -0.2) is 0 Å². The molecule has 0 fully saturated rings. The zero-order valence-corrected chi connectivity index (χ0v) is 18.6. The summed E-state index contributed by atoms with van der Waals surface area (Å²) in [4.78, 5) is 0. The second-order valence-electron chi connectivity index (χ2n) is 9.71. The van der Waals surface area contributed by atoms with Gasteiger partial charge in [0.05, 0.1) is 0 Å². The van der Waals surface area contributed by atoms with E-state index in [0.717, 1.165) is 0 Å². The van der Waals surface area contributed by atoms with E-state index in [1.807, 2.05) is 0 Å². The molecular weight excluding hydrogens is 279 g/mol. The van der Waals surface area contributed by atoms with Gasteiger partial charge in [0.1, 0.15) is 0 Å². The number of unbranched alkanes of at least 4 members (excludes halogenated alkanes) is 3. The Balaban J connectivity index is 5.46. The first-order valence-corrected chi connectivity index (χ1v) is 11.8. The molecule has 0 rings (SSSR count). The number of rotatable bonds is 12. The molecule has 22 heavy (non-hydrogen) atoms. The summed E-state index contributed by atoms with van der Waals surface area (Å²) in [6.07, 6.45) is 12.6. The maximum Gasteiger partial charge on any atom is 0.281 e. The summed E-state index contributed by atoms with van der Waals surface area (Å²) < 4.78 is 1.72. The first-order chi connectivity index (χ1) is 10.0.